The average molecular weight is 481 g/mol. The topological polar surface area (TPSA) is 68.3 Å². The van der Waals surface area contributed by atoms with Gasteiger partial charge in [-0.25, -0.2) is 4.79 Å². The fraction of sp³-hybridized carbons (Fsp3) is 0.240. The first-order valence-electron chi connectivity index (χ1n) is 10.0. The molecule has 3 rings (SSSR count). The van der Waals surface area contributed by atoms with Gasteiger partial charge in [-0.15, -0.1) is 0 Å². The molecule has 1 amide bonds. The van der Waals surface area contributed by atoms with Gasteiger partial charge >= 0.3 is 5.97 Å². The van der Waals surface area contributed by atoms with E-state index in [0.717, 1.165) is 10.0 Å². The number of halogens is 1. The van der Waals surface area contributed by atoms with E-state index < -0.39 is 17.5 Å². The fourth-order valence-corrected chi connectivity index (χ4v) is 3.27. The smallest absolute Gasteiger partial charge is 0.338 e. The molecule has 0 aliphatic carbocycles. The number of amides is 1. The molecule has 0 saturated heterocycles. The van der Waals surface area contributed by atoms with Crippen LogP contribution in [0.3, 0.4) is 0 Å². The van der Waals surface area contributed by atoms with Crippen molar-refractivity contribution in [3.05, 3.63) is 94.2 Å². The van der Waals surface area contributed by atoms with E-state index in [2.05, 4.69) is 26.2 Å². The van der Waals surface area contributed by atoms with E-state index in [0.29, 0.717) is 23.4 Å². The lowest BCUT2D eigenvalue weighted by Gasteiger charge is -2.19. The van der Waals surface area contributed by atoms with Gasteiger partial charge in [-0.1, -0.05) is 30.3 Å². The summed E-state index contributed by atoms with van der Waals surface area (Å²) in [5.41, 5.74) is 2.21. The van der Waals surface area contributed by atoms with Crippen molar-refractivity contribution in [3.8, 4) is 0 Å². The summed E-state index contributed by atoms with van der Waals surface area (Å²) in [5.74, 6) is -1.02. The highest BCUT2D eigenvalue weighted by molar-refractivity contribution is 9.10. The number of nitrogens with zero attached hydrogens (tertiary/aromatic N) is 1. The van der Waals surface area contributed by atoms with E-state index in [4.69, 9.17) is 4.74 Å². The monoisotopic (exact) mass is 480 g/mol. The Hall–Kier alpha value is -2.99. The Bertz CT molecular complexity index is 1030. The van der Waals surface area contributed by atoms with Gasteiger partial charge in [0.15, 0.2) is 0 Å². The van der Waals surface area contributed by atoms with Crippen molar-refractivity contribution in [3.63, 3.8) is 0 Å². The van der Waals surface area contributed by atoms with Crippen LogP contribution in [0.15, 0.2) is 77.4 Å². The molecule has 31 heavy (non-hydrogen) atoms. The first kappa shape index (κ1) is 22.7. The molecule has 2 aromatic carbocycles. The van der Waals surface area contributed by atoms with Crippen molar-refractivity contribution in [2.45, 2.75) is 38.7 Å². The van der Waals surface area contributed by atoms with Gasteiger partial charge < -0.3 is 10.1 Å². The normalized spacial score (nSPS) is 12.1. The maximum absolute atomic E-state index is 13.2. The standard InChI is InChI=1S/C25H25BrN2O3/c1-25(2,3)31-24(30)18-9-12-20(13-10-18)28-23(29)21(15-17-7-5-4-6-8-17)22-14-11-19(26)16-27-22/h4-14,16,21H,15H2,1-3H3,(H,28,29). The summed E-state index contributed by atoms with van der Waals surface area (Å²) in [5, 5.41) is 2.95. The minimum atomic E-state index is -0.563. The van der Waals surface area contributed by atoms with E-state index in [-0.39, 0.29) is 5.91 Å². The number of carbonyl (C=O) groups excluding carboxylic acids is 2. The molecular formula is C25H25BrN2O3. The molecule has 0 fully saturated rings. The van der Waals surface area contributed by atoms with Gasteiger partial charge in [0.2, 0.25) is 5.91 Å². The molecule has 1 N–H and O–H groups in total. The number of rotatable bonds is 6. The van der Waals surface area contributed by atoms with E-state index >= 15 is 0 Å². The zero-order valence-corrected chi connectivity index (χ0v) is 19.3. The number of ether oxygens (including phenoxy) is 1. The maximum atomic E-state index is 13.2. The van der Waals surface area contributed by atoms with Crippen molar-refractivity contribution in [1.82, 2.24) is 4.98 Å². The molecule has 0 saturated carbocycles. The van der Waals surface area contributed by atoms with Gasteiger partial charge in [-0.2, -0.15) is 0 Å². The Morgan fingerprint density at radius 2 is 1.68 bits per heavy atom. The Morgan fingerprint density at radius 1 is 1.00 bits per heavy atom. The molecule has 0 aliphatic rings. The molecule has 5 nitrogen and oxygen atoms in total. The number of benzene rings is 2. The molecule has 1 aromatic heterocycles. The van der Waals surface area contributed by atoms with Gasteiger partial charge in [0.1, 0.15) is 5.60 Å². The zero-order valence-electron chi connectivity index (χ0n) is 17.8. The summed E-state index contributed by atoms with van der Waals surface area (Å²) in [6.07, 6.45) is 2.22. The van der Waals surface area contributed by atoms with Crippen LogP contribution in [-0.4, -0.2) is 22.5 Å². The molecule has 3 aromatic rings. The van der Waals surface area contributed by atoms with E-state index in [9.17, 15) is 9.59 Å². The van der Waals surface area contributed by atoms with E-state index in [1.807, 2.05) is 63.2 Å². The fourth-order valence-electron chi connectivity index (χ4n) is 3.03. The maximum Gasteiger partial charge on any atom is 0.338 e. The van der Waals surface area contributed by atoms with Crippen LogP contribution < -0.4 is 5.32 Å². The highest BCUT2D eigenvalue weighted by atomic mass is 79.9. The predicted molar refractivity (Wildman–Crippen MR) is 125 cm³/mol. The van der Waals surface area contributed by atoms with Crippen LogP contribution in [0.4, 0.5) is 5.69 Å². The second kappa shape index (κ2) is 9.88. The lowest BCUT2D eigenvalue weighted by Crippen LogP contribution is -2.24. The third-order valence-corrected chi connectivity index (χ3v) is 4.96. The van der Waals surface area contributed by atoms with E-state index in [1.165, 1.54) is 0 Å². The lowest BCUT2D eigenvalue weighted by molar-refractivity contribution is -0.117. The predicted octanol–water partition coefficient (Wildman–Crippen LogP) is 5.76. The Labute approximate surface area is 191 Å². The SMILES string of the molecule is CC(C)(C)OC(=O)c1ccc(NC(=O)C(Cc2ccccc2)c2ccc(Br)cn2)cc1. The minimum absolute atomic E-state index is 0.163. The summed E-state index contributed by atoms with van der Waals surface area (Å²) < 4.78 is 6.23. The third-order valence-electron chi connectivity index (χ3n) is 4.49. The summed E-state index contributed by atoms with van der Waals surface area (Å²) in [4.78, 5) is 29.8. The van der Waals surface area contributed by atoms with Crippen LogP contribution in [0.25, 0.3) is 0 Å². The molecule has 1 unspecified atom stereocenters. The molecule has 1 heterocycles. The van der Waals surface area contributed by atoms with E-state index in [1.54, 1.807) is 30.5 Å². The van der Waals surface area contributed by atoms with Crippen molar-refractivity contribution in [2.75, 3.05) is 5.32 Å². The quantitative estimate of drug-likeness (QED) is 0.455. The van der Waals surface area contributed by atoms with Gasteiger partial charge in [-0.3, -0.25) is 9.78 Å². The largest absolute Gasteiger partial charge is 0.456 e. The van der Waals surface area contributed by atoms with Crippen molar-refractivity contribution < 1.29 is 14.3 Å². The van der Waals surface area contributed by atoms with Crippen LogP contribution >= 0.6 is 15.9 Å². The summed E-state index contributed by atoms with van der Waals surface area (Å²) in [6.45, 7) is 5.47. The van der Waals surface area contributed by atoms with Crippen LogP contribution in [-0.2, 0) is 16.0 Å². The Balaban J connectivity index is 1.77. The number of carbonyl (C=O) groups is 2. The number of aromatic nitrogens is 1. The molecule has 0 aliphatic heterocycles. The van der Waals surface area contributed by atoms with Crippen molar-refractivity contribution in [2.24, 2.45) is 0 Å². The number of anilines is 1. The number of nitrogens with one attached hydrogen (secondary N) is 1. The Morgan fingerprint density at radius 3 is 2.26 bits per heavy atom. The van der Waals surface area contributed by atoms with Gasteiger partial charge in [0, 0.05) is 16.4 Å². The number of pyridine rings is 1. The highest BCUT2D eigenvalue weighted by Crippen LogP contribution is 2.23. The van der Waals surface area contributed by atoms with Crippen molar-refractivity contribution in [1.29, 1.82) is 0 Å². The Kier molecular flexibility index (Phi) is 7.23. The molecule has 0 radical (unpaired) electrons. The van der Waals surface area contributed by atoms with Gasteiger partial charge in [0.05, 0.1) is 17.2 Å². The molecular weight excluding hydrogens is 456 g/mol. The van der Waals surface area contributed by atoms with Crippen molar-refractivity contribution >= 4 is 33.5 Å². The number of hydrogen-bond donors (Lipinski definition) is 1. The first-order chi connectivity index (χ1) is 14.7. The van der Waals surface area contributed by atoms with Crippen LogP contribution in [0, 0.1) is 0 Å². The van der Waals surface area contributed by atoms with Crippen LogP contribution in [0.5, 0.6) is 0 Å². The summed E-state index contributed by atoms with van der Waals surface area (Å²) in [6, 6.07) is 20.3. The molecule has 6 heteroatoms. The average Bonchev–Trinajstić information content (AvgIpc) is 2.73. The first-order valence-corrected chi connectivity index (χ1v) is 10.8. The van der Waals surface area contributed by atoms with Crippen LogP contribution in [0.2, 0.25) is 0 Å². The summed E-state index contributed by atoms with van der Waals surface area (Å²) in [7, 11) is 0. The zero-order chi connectivity index (χ0) is 22.4. The molecule has 1 atom stereocenters. The lowest BCUT2D eigenvalue weighted by atomic mass is 9.94. The minimum Gasteiger partial charge on any atom is -0.456 e. The third kappa shape index (κ3) is 6.76. The van der Waals surface area contributed by atoms with Gasteiger partial charge in [-0.05, 0) is 85.1 Å². The molecule has 0 bridgehead atoms. The van der Waals surface area contributed by atoms with Crippen LogP contribution in [0.1, 0.15) is 48.3 Å². The molecule has 0 spiro atoms. The highest BCUT2D eigenvalue weighted by Gasteiger charge is 2.23. The van der Waals surface area contributed by atoms with Gasteiger partial charge in [0.25, 0.3) is 0 Å². The second-order valence-electron chi connectivity index (χ2n) is 8.21. The molecule has 160 valence electrons. The second-order valence-corrected chi connectivity index (χ2v) is 9.13. The summed E-state index contributed by atoms with van der Waals surface area (Å²) >= 11 is 3.39. The number of esters is 1. The number of hydrogen-bond acceptors (Lipinski definition) is 4.